The molecule has 0 aromatic carbocycles. The van der Waals surface area contributed by atoms with Crippen molar-refractivity contribution >= 4 is 11.9 Å². The van der Waals surface area contributed by atoms with Crippen LogP contribution in [0.25, 0.3) is 0 Å². The summed E-state index contributed by atoms with van der Waals surface area (Å²) in [6.45, 7) is 7.26. The van der Waals surface area contributed by atoms with Gasteiger partial charge < -0.3 is 0 Å². The van der Waals surface area contributed by atoms with Crippen LogP contribution in [0.2, 0.25) is 0 Å². The average molecular weight is 395 g/mol. The van der Waals surface area contributed by atoms with E-state index >= 15 is 0 Å². The Morgan fingerprint density at radius 2 is 1.93 bits per heavy atom. The van der Waals surface area contributed by atoms with Gasteiger partial charge >= 0.3 is 0 Å². The van der Waals surface area contributed by atoms with E-state index in [1.807, 2.05) is 24.1 Å². The Balaban J connectivity index is 1.37. The third-order valence-electron chi connectivity index (χ3n) is 9.97. The molecular weight excluding hydrogens is 356 g/mol. The molecule has 158 valence electrons. The number of rotatable bonds is 2. The van der Waals surface area contributed by atoms with Crippen molar-refractivity contribution in [2.24, 2.45) is 51.8 Å². The fourth-order valence-corrected chi connectivity index (χ4v) is 8.05. The lowest BCUT2D eigenvalue weighted by atomic mass is 9.45. The molecule has 4 aliphatic carbocycles. The van der Waals surface area contributed by atoms with Crippen molar-refractivity contribution in [3.8, 4) is 0 Å². The summed E-state index contributed by atoms with van der Waals surface area (Å²) in [4.78, 5) is 0. The standard InChI is InChI=1S/C25H38N4/c1-17-18(16-27-29(17)4)15-26-28-23-11-10-21-20-9-8-19-7-5-6-13-24(19,2)22(20)12-14-25(21,23)3/h15-16,19-22H,5-14H2,1-4H3/b26-15-,28-23+/t19-,20-,21-,22-,24+,25+/m1/s1. The van der Waals surface area contributed by atoms with Crippen molar-refractivity contribution in [1.82, 2.24) is 9.78 Å². The number of aromatic nitrogens is 2. The second-order valence-corrected chi connectivity index (χ2v) is 11.0. The number of aryl methyl sites for hydroxylation is 1. The van der Waals surface area contributed by atoms with Crippen LogP contribution in [0.5, 0.6) is 0 Å². The molecule has 0 radical (unpaired) electrons. The van der Waals surface area contributed by atoms with E-state index in [2.05, 4.69) is 31.0 Å². The largest absolute Gasteiger partial charge is 0.272 e. The van der Waals surface area contributed by atoms with Gasteiger partial charge in [0.2, 0.25) is 0 Å². The van der Waals surface area contributed by atoms with Crippen LogP contribution in [0.1, 0.15) is 89.3 Å². The molecular formula is C25H38N4. The maximum Gasteiger partial charge on any atom is 0.0602 e. The zero-order valence-electron chi connectivity index (χ0n) is 18.8. The zero-order chi connectivity index (χ0) is 20.2. The first-order chi connectivity index (χ1) is 13.9. The lowest BCUT2D eigenvalue weighted by molar-refractivity contribution is -0.0936. The van der Waals surface area contributed by atoms with Gasteiger partial charge in [0, 0.05) is 29.4 Å². The number of fused-ring (bicyclic) bond motifs is 5. The predicted molar refractivity (Wildman–Crippen MR) is 119 cm³/mol. The van der Waals surface area contributed by atoms with Gasteiger partial charge in [0.25, 0.3) is 0 Å². The third-order valence-corrected chi connectivity index (χ3v) is 9.97. The third kappa shape index (κ3) is 2.96. The molecule has 1 heterocycles. The van der Waals surface area contributed by atoms with Gasteiger partial charge in [0.1, 0.15) is 0 Å². The highest BCUT2D eigenvalue weighted by Crippen LogP contribution is 2.65. The first kappa shape index (κ1) is 19.5. The minimum atomic E-state index is 0.278. The van der Waals surface area contributed by atoms with E-state index in [1.165, 1.54) is 63.5 Å². The lowest BCUT2D eigenvalue weighted by Crippen LogP contribution is -2.52. The van der Waals surface area contributed by atoms with Crippen molar-refractivity contribution in [2.45, 2.75) is 85.0 Å². The minimum Gasteiger partial charge on any atom is -0.272 e. The Morgan fingerprint density at radius 1 is 1.07 bits per heavy atom. The first-order valence-corrected chi connectivity index (χ1v) is 12.0. The van der Waals surface area contributed by atoms with Gasteiger partial charge in [-0.05, 0) is 87.4 Å². The summed E-state index contributed by atoms with van der Waals surface area (Å²) in [5.74, 6) is 3.71. The molecule has 0 saturated heterocycles. The number of nitrogens with zero attached hydrogens (tertiary/aromatic N) is 4. The van der Waals surface area contributed by atoms with Crippen molar-refractivity contribution in [3.05, 3.63) is 17.5 Å². The SMILES string of the molecule is Cc1c(/C=N\N=C2/CC[C@@H]3[C@H]4CC[C@H]5CCCC[C@]5(C)[C@@H]4CC[C@]23C)cnn1C. The monoisotopic (exact) mass is 394 g/mol. The Labute approximate surface area is 176 Å². The highest BCUT2D eigenvalue weighted by Gasteiger charge is 2.58. The molecule has 0 N–H and O–H groups in total. The molecule has 6 atom stereocenters. The van der Waals surface area contributed by atoms with Crippen LogP contribution < -0.4 is 0 Å². The maximum absolute atomic E-state index is 4.81. The Kier molecular flexibility index (Phi) is 4.75. The van der Waals surface area contributed by atoms with E-state index in [0.717, 1.165) is 41.3 Å². The van der Waals surface area contributed by atoms with Crippen LogP contribution >= 0.6 is 0 Å². The topological polar surface area (TPSA) is 42.5 Å². The first-order valence-electron chi connectivity index (χ1n) is 12.0. The molecule has 0 bridgehead atoms. The van der Waals surface area contributed by atoms with Crippen molar-refractivity contribution < 1.29 is 0 Å². The van der Waals surface area contributed by atoms with E-state index < -0.39 is 0 Å². The van der Waals surface area contributed by atoms with Crippen LogP contribution in [0.3, 0.4) is 0 Å². The van der Waals surface area contributed by atoms with Crippen LogP contribution in [0.15, 0.2) is 16.4 Å². The summed E-state index contributed by atoms with van der Waals surface area (Å²) in [5, 5.41) is 13.6. The van der Waals surface area contributed by atoms with Crippen LogP contribution in [-0.4, -0.2) is 21.7 Å². The molecule has 0 aliphatic heterocycles. The lowest BCUT2D eigenvalue weighted by Gasteiger charge is -2.59. The van der Waals surface area contributed by atoms with Gasteiger partial charge in [0.05, 0.1) is 12.4 Å². The van der Waals surface area contributed by atoms with Crippen LogP contribution in [0.4, 0.5) is 0 Å². The fraction of sp³-hybridized carbons (Fsp3) is 0.800. The quantitative estimate of drug-likeness (QED) is 0.452. The highest BCUT2D eigenvalue weighted by atomic mass is 15.3. The summed E-state index contributed by atoms with van der Waals surface area (Å²) in [6.07, 6.45) is 17.9. The van der Waals surface area contributed by atoms with Crippen molar-refractivity contribution in [1.29, 1.82) is 0 Å². The molecule has 4 nitrogen and oxygen atoms in total. The molecule has 4 heteroatoms. The highest BCUT2D eigenvalue weighted by molar-refractivity contribution is 5.93. The van der Waals surface area contributed by atoms with Crippen LogP contribution in [-0.2, 0) is 7.05 Å². The molecule has 4 fully saturated rings. The molecule has 0 amide bonds. The second-order valence-electron chi connectivity index (χ2n) is 11.0. The van der Waals surface area contributed by atoms with Gasteiger partial charge in [0.15, 0.2) is 0 Å². The summed E-state index contributed by atoms with van der Waals surface area (Å²) >= 11 is 0. The van der Waals surface area contributed by atoms with Gasteiger partial charge in [-0.3, -0.25) is 4.68 Å². The normalized spacial score (nSPS) is 43.4. The summed E-state index contributed by atoms with van der Waals surface area (Å²) in [7, 11) is 1.97. The van der Waals surface area contributed by atoms with Gasteiger partial charge in [-0.15, -0.1) is 0 Å². The summed E-state index contributed by atoms with van der Waals surface area (Å²) < 4.78 is 1.89. The molecule has 1 aromatic heterocycles. The van der Waals surface area contributed by atoms with E-state index in [4.69, 9.17) is 5.10 Å². The smallest absolute Gasteiger partial charge is 0.0602 e. The average Bonchev–Trinajstić information content (AvgIpc) is 3.21. The minimum absolute atomic E-state index is 0.278. The molecule has 4 aliphatic rings. The predicted octanol–water partition coefficient (Wildman–Crippen LogP) is 5.94. The van der Waals surface area contributed by atoms with Crippen LogP contribution in [0, 0.1) is 41.4 Å². The molecule has 1 aromatic rings. The van der Waals surface area contributed by atoms with Crippen molar-refractivity contribution in [2.75, 3.05) is 0 Å². The molecule has 0 unspecified atom stereocenters. The molecule has 4 saturated carbocycles. The Hall–Kier alpha value is -1.45. The van der Waals surface area contributed by atoms with E-state index in [1.54, 1.807) is 0 Å². The summed E-state index contributed by atoms with van der Waals surface area (Å²) in [5.41, 5.74) is 4.49. The Morgan fingerprint density at radius 3 is 2.72 bits per heavy atom. The molecule has 5 rings (SSSR count). The molecule has 29 heavy (non-hydrogen) atoms. The van der Waals surface area contributed by atoms with Crippen molar-refractivity contribution in [3.63, 3.8) is 0 Å². The number of hydrogen-bond acceptors (Lipinski definition) is 3. The van der Waals surface area contributed by atoms with Gasteiger partial charge in [-0.25, -0.2) is 0 Å². The number of hydrogen-bond donors (Lipinski definition) is 0. The van der Waals surface area contributed by atoms with E-state index in [9.17, 15) is 0 Å². The molecule has 0 spiro atoms. The Bertz CT molecular complexity index is 836. The van der Waals surface area contributed by atoms with Gasteiger partial charge in [-0.1, -0.05) is 26.7 Å². The van der Waals surface area contributed by atoms with Gasteiger partial charge in [-0.2, -0.15) is 15.3 Å². The maximum atomic E-state index is 4.81. The zero-order valence-corrected chi connectivity index (χ0v) is 18.8. The van der Waals surface area contributed by atoms with E-state index in [-0.39, 0.29) is 5.41 Å². The fourth-order valence-electron chi connectivity index (χ4n) is 8.05. The van der Waals surface area contributed by atoms with E-state index in [0.29, 0.717) is 5.41 Å². The summed E-state index contributed by atoms with van der Waals surface area (Å²) in [6, 6.07) is 0. The second kappa shape index (κ2) is 7.06.